The van der Waals surface area contributed by atoms with Crippen LogP contribution >= 0.6 is 0 Å². The smallest absolute Gasteiger partial charge is 0.229 e. The molecule has 24 heavy (non-hydrogen) atoms. The molecule has 0 bridgehead atoms. The number of anilines is 4. The summed E-state index contributed by atoms with van der Waals surface area (Å²) >= 11 is 0. The first-order valence-electron chi connectivity index (χ1n) is 8.04. The summed E-state index contributed by atoms with van der Waals surface area (Å²) in [6, 6.07) is 16.2. The third-order valence-corrected chi connectivity index (χ3v) is 3.81. The van der Waals surface area contributed by atoms with Crippen LogP contribution in [0, 0.1) is 27.7 Å². The Hall–Kier alpha value is -2.88. The van der Waals surface area contributed by atoms with Gasteiger partial charge in [0.05, 0.1) is 0 Å². The Morgan fingerprint density at radius 3 is 2.08 bits per heavy atom. The minimum Gasteiger partial charge on any atom is -0.340 e. The fourth-order valence-corrected chi connectivity index (χ4v) is 2.84. The third kappa shape index (κ3) is 3.71. The van der Waals surface area contributed by atoms with Gasteiger partial charge in [0.25, 0.3) is 0 Å². The standard InChI is InChI=1S/C20H22N4/c1-13-10-14(2)19(15(3)11-13)23-18-12-16(4)21-20(24-18)22-17-8-6-5-7-9-17/h5-12H,1-4H3,(H2,21,22,23,24). The van der Waals surface area contributed by atoms with Gasteiger partial charge >= 0.3 is 0 Å². The number of para-hydroxylation sites is 1. The summed E-state index contributed by atoms with van der Waals surface area (Å²) in [6.07, 6.45) is 0. The number of hydrogen-bond acceptors (Lipinski definition) is 4. The van der Waals surface area contributed by atoms with E-state index in [1.807, 2.05) is 43.3 Å². The van der Waals surface area contributed by atoms with Crippen LogP contribution in [0.4, 0.5) is 23.1 Å². The Morgan fingerprint density at radius 2 is 1.42 bits per heavy atom. The van der Waals surface area contributed by atoms with Crippen molar-refractivity contribution in [1.29, 1.82) is 0 Å². The lowest BCUT2D eigenvalue weighted by atomic mass is 10.1. The second-order valence-electron chi connectivity index (χ2n) is 6.11. The molecule has 0 radical (unpaired) electrons. The van der Waals surface area contributed by atoms with Gasteiger partial charge < -0.3 is 10.6 Å². The summed E-state index contributed by atoms with van der Waals surface area (Å²) in [5.74, 6) is 1.38. The molecular formula is C20H22N4. The molecule has 0 atom stereocenters. The molecule has 4 nitrogen and oxygen atoms in total. The SMILES string of the molecule is Cc1cc(C)c(Nc2cc(C)nc(Nc3ccccc3)n2)c(C)c1. The van der Waals surface area contributed by atoms with E-state index in [1.165, 1.54) is 16.7 Å². The number of nitrogens with zero attached hydrogens (tertiary/aromatic N) is 2. The van der Waals surface area contributed by atoms with Crippen LogP contribution in [-0.2, 0) is 0 Å². The average Bonchev–Trinajstić information content (AvgIpc) is 2.51. The molecule has 3 rings (SSSR count). The molecule has 3 aromatic rings. The molecule has 0 aliphatic heterocycles. The summed E-state index contributed by atoms with van der Waals surface area (Å²) < 4.78 is 0. The highest BCUT2D eigenvalue weighted by atomic mass is 15.1. The molecule has 4 heteroatoms. The monoisotopic (exact) mass is 318 g/mol. The molecule has 122 valence electrons. The van der Waals surface area contributed by atoms with Crippen molar-refractivity contribution in [3.8, 4) is 0 Å². The molecule has 0 saturated carbocycles. The zero-order valence-electron chi connectivity index (χ0n) is 14.5. The summed E-state index contributed by atoms with van der Waals surface area (Å²) in [5, 5.41) is 6.69. The van der Waals surface area contributed by atoms with E-state index in [-0.39, 0.29) is 0 Å². The van der Waals surface area contributed by atoms with Crippen molar-refractivity contribution in [3.63, 3.8) is 0 Å². The van der Waals surface area contributed by atoms with Gasteiger partial charge in [-0.3, -0.25) is 0 Å². The van der Waals surface area contributed by atoms with Gasteiger partial charge in [-0.15, -0.1) is 0 Å². The Kier molecular flexibility index (Phi) is 4.47. The van der Waals surface area contributed by atoms with Crippen LogP contribution in [0.5, 0.6) is 0 Å². The van der Waals surface area contributed by atoms with Crippen LogP contribution in [0.25, 0.3) is 0 Å². The van der Waals surface area contributed by atoms with Crippen LogP contribution < -0.4 is 10.6 Å². The molecular weight excluding hydrogens is 296 g/mol. The van der Waals surface area contributed by atoms with Crippen LogP contribution in [0.15, 0.2) is 48.5 Å². The van der Waals surface area contributed by atoms with Gasteiger partial charge in [-0.1, -0.05) is 35.9 Å². The predicted octanol–water partition coefficient (Wildman–Crippen LogP) is 5.20. The van der Waals surface area contributed by atoms with E-state index in [2.05, 4.69) is 53.5 Å². The first-order valence-corrected chi connectivity index (χ1v) is 8.04. The van der Waals surface area contributed by atoms with Gasteiger partial charge in [0.2, 0.25) is 5.95 Å². The third-order valence-electron chi connectivity index (χ3n) is 3.81. The summed E-state index contributed by atoms with van der Waals surface area (Å²) in [7, 11) is 0. The molecule has 2 aromatic carbocycles. The first kappa shape index (κ1) is 16.0. The fraction of sp³-hybridized carbons (Fsp3) is 0.200. The van der Waals surface area contributed by atoms with E-state index in [0.29, 0.717) is 5.95 Å². The van der Waals surface area contributed by atoms with Crippen LogP contribution in [0.1, 0.15) is 22.4 Å². The molecule has 1 aromatic heterocycles. The lowest BCUT2D eigenvalue weighted by molar-refractivity contribution is 1.10. The molecule has 0 fully saturated rings. The topological polar surface area (TPSA) is 49.8 Å². The molecule has 1 heterocycles. The van der Waals surface area contributed by atoms with Crippen molar-refractivity contribution in [2.45, 2.75) is 27.7 Å². The first-order chi connectivity index (χ1) is 11.5. The molecule has 0 aliphatic carbocycles. The molecule has 0 spiro atoms. The number of rotatable bonds is 4. The van der Waals surface area contributed by atoms with E-state index in [1.54, 1.807) is 0 Å². The van der Waals surface area contributed by atoms with Crippen molar-refractivity contribution < 1.29 is 0 Å². The van der Waals surface area contributed by atoms with Gasteiger partial charge in [0.15, 0.2) is 0 Å². The number of nitrogens with one attached hydrogen (secondary N) is 2. The highest BCUT2D eigenvalue weighted by Crippen LogP contribution is 2.26. The Balaban J connectivity index is 1.89. The second-order valence-corrected chi connectivity index (χ2v) is 6.11. The van der Waals surface area contributed by atoms with E-state index in [4.69, 9.17) is 0 Å². The normalized spacial score (nSPS) is 10.5. The van der Waals surface area contributed by atoms with Gasteiger partial charge in [0, 0.05) is 23.1 Å². The Labute approximate surface area is 143 Å². The minimum atomic E-state index is 0.589. The average molecular weight is 318 g/mol. The molecule has 0 saturated heterocycles. The summed E-state index contributed by atoms with van der Waals surface area (Å²) in [6.45, 7) is 8.30. The molecule has 0 amide bonds. The van der Waals surface area contributed by atoms with E-state index < -0.39 is 0 Å². The van der Waals surface area contributed by atoms with Crippen LogP contribution in [0.2, 0.25) is 0 Å². The number of hydrogen-bond donors (Lipinski definition) is 2. The number of aryl methyl sites for hydroxylation is 4. The van der Waals surface area contributed by atoms with Crippen LogP contribution in [-0.4, -0.2) is 9.97 Å². The second kappa shape index (κ2) is 6.71. The number of benzene rings is 2. The van der Waals surface area contributed by atoms with E-state index >= 15 is 0 Å². The van der Waals surface area contributed by atoms with Gasteiger partial charge in [0.1, 0.15) is 5.82 Å². The minimum absolute atomic E-state index is 0.589. The summed E-state index contributed by atoms with van der Waals surface area (Å²) in [5.41, 5.74) is 6.66. The lowest BCUT2D eigenvalue weighted by Gasteiger charge is -2.14. The van der Waals surface area contributed by atoms with Crippen molar-refractivity contribution >= 4 is 23.1 Å². The molecule has 0 aliphatic rings. The predicted molar refractivity (Wildman–Crippen MR) is 100 cm³/mol. The van der Waals surface area contributed by atoms with Crippen LogP contribution in [0.3, 0.4) is 0 Å². The Bertz CT molecular complexity index is 834. The maximum Gasteiger partial charge on any atom is 0.229 e. The number of aromatic nitrogens is 2. The van der Waals surface area contributed by atoms with E-state index in [9.17, 15) is 0 Å². The lowest BCUT2D eigenvalue weighted by Crippen LogP contribution is -2.04. The molecule has 0 unspecified atom stereocenters. The largest absolute Gasteiger partial charge is 0.340 e. The van der Waals surface area contributed by atoms with Gasteiger partial charge in [-0.05, 0) is 51.0 Å². The zero-order valence-corrected chi connectivity index (χ0v) is 14.5. The maximum atomic E-state index is 4.60. The zero-order chi connectivity index (χ0) is 17.1. The fourth-order valence-electron chi connectivity index (χ4n) is 2.84. The van der Waals surface area contributed by atoms with Gasteiger partial charge in [-0.25, -0.2) is 4.98 Å². The van der Waals surface area contributed by atoms with E-state index in [0.717, 1.165) is 22.9 Å². The van der Waals surface area contributed by atoms with Gasteiger partial charge in [-0.2, -0.15) is 4.98 Å². The molecule has 2 N–H and O–H groups in total. The van der Waals surface area contributed by atoms with Crippen molar-refractivity contribution in [2.75, 3.05) is 10.6 Å². The Morgan fingerprint density at radius 1 is 0.750 bits per heavy atom. The van der Waals surface area contributed by atoms with Crippen molar-refractivity contribution in [2.24, 2.45) is 0 Å². The maximum absolute atomic E-state index is 4.60. The quantitative estimate of drug-likeness (QED) is 0.694. The highest BCUT2D eigenvalue weighted by molar-refractivity contribution is 5.66. The van der Waals surface area contributed by atoms with Crippen molar-refractivity contribution in [1.82, 2.24) is 9.97 Å². The van der Waals surface area contributed by atoms with Crippen molar-refractivity contribution in [3.05, 3.63) is 70.9 Å². The highest BCUT2D eigenvalue weighted by Gasteiger charge is 2.07. The summed E-state index contributed by atoms with van der Waals surface area (Å²) in [4.78, 5) is 9.06.